The van der Waals surface area contributed by atoms with E-state index in [1.807, 2.05) is 45.0 Å². The van der Waals surface area contributed by atoms with Crippen molar-refractivity contribution >= 4 is 38.3 Å². The number of thiazole rings is 1. The van der Waals surface area contributed by atoms with Gasteiger partial charge in [-0.1, -0.05) is 29.5 Å². The number of anilines is 1. The highest BCUT2D eigenvalue weighted by Gasteiger charge is 2.27. The van der Waals surface area contributed by atoms with Crippen LogP contribution in [0.3, 0.4) is 0 Å². The lowest BCUT2D eigenvalue weighted by Crippen LogP contribution is -2.33. The highest BCUT2D eigenvalue weighted by atomic mass is 32.1. The summed E-state index contributed by atoms with van der Waals surface area (Å²) in [6, 6.07) is 10.1. The van der Waals surface area contributed by atoms with E-state index in [2.05, 4.69) is 0 Å². The third-order valence-corrected chi connectivity index (χ3v) is 5.91. The predicted octanol–water partition coefficient (Wildman–Crippen LogP) is 4.42. The van der Waals surface area contributed by atoms with Gasteiger partial charge in [-0.05, 0) is 64.2 Å². The van der Waals surface area contributed by atoms with Gasteiger partial charge in [0.25, 0.3) is 11.6 Å². The van der Waals surface area contributed by atoms with Crippen LogP contribution in [0, 0.1) is 24.0 Å². The van der Waals surface area contributed by atoms with Crippen LogP contribution in [-0.4, -0.2) is 47.9 Å². The molecule has 2 aromatic carbocycles. The second-order valence-corrected chi connectivity index (χ2v) is 8.25. The number of fused-ring (bicyclic) bond motifs is 1. The molecule has 0 aliphatic heterocycles. The molecule has 0 fully saturated rings. The van der Waals surface area contributed by atoms with Crippen LogP contribution < -0.4 is 4.90 Å². The molecule has 0 saturated carbocycles. The quantitative estimate of drug-likeness (QED) is 0.424. The Balaban J connectivity index is 2.04. The fourth-order valence-corrected chi connectivity index (χ4v) is 4.17. The second-order valence-electron chi connectivity index (χ2n) is 7.24. The van der Waals surface area contributed by atoms with Crippen LogP contribution in [0.4, 0.5) is 10.8 Å². The van der Waals surface area contributed by atoms with Gasteiger partial charge in [0.05, 0.1) is 15.1 Å². The lowest BCUT2D eigenvalue weighted by Gasteiger charge is -2.21. The van der Waals surface area contributed by atoms with Crippen molar-refractivity contribution in [2.45, 2.75) is 20.3 Å². The Hall–Kier alpha value is -2.84. The van der Waals surface area contributed by atoms with Crippen LogP contribution in [0.1, 0.15) is 27.9 Å². The number of rotatable bonds is 7. The molecule has 0 bridgehead atoms. The summed E-state index contributed by atoms with van der Waals surface area (Å²) in [6.07, 6.45) is 0.729. The van der Waals surface area contributed by atoms with Crippen LogP contribution in [0.5, 0.6) is 0 Å². The van der Waals surface area contributed by atoms with Crippen LogP contribution in [-0.2, 0) is 0 Å². The number of nitrogens with zero attached hydrogens (tertiary/aromatic N) is 4. The number of para-hydroxylation sites is 1. The number of hydrogen-bond donors (Lipinski definition) is 0. The Morgan fingerprint density at radius 2 is 1.86 bits per heavy atom. The standard InChI is InChI=1S/C21H24N4O3S/c1-14-10-11-18-19(15(14)2)22-21(29-18)24(13-7-12-23(3)4)20(26)16-8-5-6-9-17(16)25(27)28/h5-6,8-11H,7,12-13H2,1-4H3. The van der Waals surface area contributed by atoms with Gasteiger partial charge >= 0.3 is 0 Å². The number of hydrogen-bond acceptors (Lipinski definition) is 6. The minimum atomic E-state index is -0.517. The van der Waals surface area contributed by atoms with Crippen molar-refractivity contribution in [3.05, 3.63) is 63.2 Å². The molecule has 0 radical (unpaired) electrons. The Kier molecular flexibility index (Phi) is 6.24. The van der Waals surface area contributed by atoms with Gasteiger partial charge in [-0.2, -0.15) is 0 Å². The van der Waals surface area contributed by atoms with E-state index >= 15 is 0 Å². The van der Waals surface area contributed by atoms with Gasteiger partial charge in [0.1, 0.15) is 5.56 Å². The molecule has 0 unspecified atom stereocenters. The lowest BCUT2D eigenvalue weighted by atomic mass is 10.1. The zero-order chi connectivity index (χ0) is 21.1. The van der Waals surface area contributed by atoms with E-state index in [1.54, 1.807) is 17.0 Å². The summed E-state index contributed by atoms with van der Waals surface area (Å²) in [5.74, 6) is -0.399. The predicted molar refractivity (Wildman–Crippen MR) is 117 cm³/mol. The van der Waals surface area contributed by atoms with Crippen molar-refractivity contribution in [3.63, 3.8) is 0 Å². The van der Waals surface area contributed by atoms with Gasteiger partial charge in [0.2, 0.25) is 0 Å². The average Bonchev–Trinajstić information content (AvgIpc) is 3.12. The van der Waals surface area contributed by atoms with Gasteiger partial charge in [0, 0.05) is 12.6 Å². The Bertz CT molecular complexity index is 1060. The Labute approximate surface area is 173 Å². The number of carbonyl (C=O) groups excluding carboxylic acids is 1. The minimum Gasteiger partial charge on any atom is -0.309 e. The summed E-state index contributed by atoms with van der Waals surface area (Å²) in [7, 11) is 3.94. The molecule has 0 saturated heterocycles. The van der Waals surface area contributed by atoms with Crippen molar-refractivity contribution in [2.75, 3.05) is 32.1 Å². The smallest absolute Gasteiger partial charge is 0.282 e. The zero-order valence-corrected chi connectivity index (χ0v) is 17.8. The van der Waals surface area contributed by atoms with E-state index in [0.29, 0.717) is 11.7 Å². The van der Waals surface area contributed by atoms with E-state index in [0.717, 1.165) is 34.3 Å². The molecule has 152 valence electrons. The monoisotopic (exact) mass is 412 g/mol. The molecule has 0 atom stereocenters. The van der Waals surface area contributed by atoms with Crippen molar-refractivity contribution in [2.24, 2.45) is 0 Å². The van der Waals surface area contributed by atoms with Crippen molar-refractivity contribution in [1.82, 2.24) is 9.88 Å². The molecular formula is C21H24N4O3S. The first-order chi connectivity index (χ1) is 13.8. The number of aryl methyl sites for hydroxylation is 2. The summed E-state index contributed by atoms with van der Waals surface area (Å²) in [6.45, 7) is 5.27. The molecular weight excluding hydrogens is 388 g/mol. The largest absolute Gasteiger partial charge is 0.309 e. The van der Waals surface area contributed by atoms with Gasteiger partial charge in [0.15, 0.2) is 5.13 Å². The van der Waals surface area contributed by atoms with Crippen LogP contribution in [0.15, 0.2) is 36.4 Å². The number of carbonyl (C=O) groups is 1. The van der Waals surface area contributed by atoms with E-state index in [-0.39, 0.29) is 11.3 Å². The van der Waals surface area contributed by atoms with Crippen molar-refractivity contribution in [3.8, 4) is 0 Å². The fourth-order valence-electron chi connectivity index (χ4n) is 3.12. The highest BCUT2D eigenvalue weighted by Crippen LogP contribution is 2.33. The zero-order valence-electron chi connectivity index (χ0n) is 17.0. The molecule has 3 aromatic rings. The molecule has 3 rings (SSSR count). The van der Waals surface area contributed by atoms with Crippen molar-refractivity contribution < 1.29 is 9.72 Å². The van der Waals surface area contributed by atoms with Gasteiger partial charge in [-0.15, -0.1) is 0 Å². The average molecular weight is 413 g/mol. The maximum Gasteiger partial charge on any atom is 0.282 e. The van der Waals surface area contributed by atoms with Gasteiger partial charge in [-0.3, -0.25) is 19.8 Å². The Morgan fingerprint density at radius 3 is 2.55 bits per heavy atom. The SMILES string of the molecule is Cc1ccc2sc(N(CCCN(C)C)C(=O)c3ccccc3[N+](=O)[O-])nc2c1C. The summed E-state index contributed by atoms with van der Waals surface area (Å²) in [5, 5.41) is 12.0. The number of nitro benzene ring substituents is 1. The van der Waals surface area contributed by atoms with E-state index < -0.39 is 10.8 Å². The summed E-state index contributed by atoms with van der Waals surface area (Å²) in [5.41, 5.74) is 2.98. The van der Waals surface area contributed by atoms with E-state index in [4.69, 9.17) is 4.98 Å². The van der Waals surface area contributed by atoms with Crippen LogP contribution >= 0.6 is 11.3 Å². The van der Waals surface area contributed by atoms with Crippen LogP contribution in [0.2, 0.25) is 0 Å². The van der Waals surface area contributed by atoms with E-state index in [9.17, 15) is 14.9 Å². The van der Waals surface area contributed by atoms with Crippen molar-refractivity contribution in [1.29, 1.82) is 0 Å². The lowest BCUT2D eigenvalue weighted by molar-refractivity contribution is -0.385. The fraction of sp³-hybridized carbons (Fsp3) is 0.333. The maximum atomic E-state index is 13.3. The molecule has 0 aliphatic carbocycles. The molecule has 29 heavy (non-hydrogen) atoms. The number of nitro groups is 1. The summed E-state index contributed by atoms with van der Waals surface area (Å²) < 4.78 is 0.996. The first kappa shape index (κ1) is 20.9. The maximum absolute atomic E-state index is 13.3. The second kappa shape index (κ2) is 8.67. The normalized spacial score (nSPS) is 11.2. The van der Waals surface area contributed by atoms with Gasteiger partial charge < -0.3 is 4.90 Å². The molecule has 7 nitrogen and oxygen atoms in total. The number of amides is 1. The molecule has 1 heterocycles. The first-order valence-electron chi connectivity index (χ1n) is 9.36. The molecule has 0 spiro atoms. The molecule has 1 amide bonds. The first-order valence-corrected chi connectivity index (χ1v) is 10.2. The Morgan fingerprint density at radius 1 is 1.14 bits per heavy atom. The molecule has 0 aliphatic rings. The summed E-state index contributed by atoms with van der Waals surface area (Å²) in [4.78, 5) is 32.6. The van der Waals surface area contributed by atoms with Gasteiger partial charge in [-0.25, -0.2) is 4.98 Å². The third-order valence-electron chi connectivity index (χ3n) is 4.87. The number of benzene rings is 2. The molecule has 0 N–H and O–H groups in total. The molecule has 8 heteroatoms. The van der Waals surface area contributed by atoms with Crippen LogP contribution in [0.25, 0.3) is 10.2 Å². The molecule has 1 aromatic heterocycles. The highest BCUT2D eigenvalue weighted by molar-refractivity contribution is 7.22. The number of aromatic nitrogens is 1. The minimum absolute atomic E-state index is 0.0783. The topological polar surface area (TPSA) is 79.6 Å². The van der Waals surface area contributed by atoms with E-state index in [1.165, 1.54) is 23.5 Å². The summed E-state index contributed by atoms with van der Waals surface area (Å²) >= 11 is 1.43. The third kappa shape index (κ3) is 4.44.